The molecule has 1 aromatic rings. The molecular formula is C15H24N2O. The van der Waals surface area contributed by atoms with Gasteiger partial charge >= 0.3 is 0 Å². The maximum Gasteiger partial charge on any atom is 0.0937 e. The van der Waals surface area contributed by atoms with Crippen LogP contribution in [0.3, 0.4) is 0 Å². The van der Waals surface area contributed by atoms with Gasteiger partial charge in [-0.25, -0.2) is 0 Å². The summed E-state index contributed by atoms with van der Waals surface area (Å²) in [5.74, 6) is 0.317. The number of aromatic nitrogens is 1. The maximum absolute atomic E-state index is 11.2. The van der Waals surface area contributed by atoms with Gasteiger partial charge in [0.25, 0.3) is 0 Å². The lowest BCUT2D eigenvalue weighted by Gasteiger charge is -2.37. The van der Waals surface area contributed by atoms with E-state index in [4.69, 9.17) is 0 Å². The molecule has 0 radical (unpaired) electrons. The number of nitrogens with zero attached hydrogens (tertiary/aromatic N) is 2. The highest BCUT2D eigenvalue weighted by Gasteiger charge is 2.39. The molecular weight excluding hydrogens is 224 g/mol. The average Bonchev–Trinajstić information content (AvgIpc) is 2.54. The fraction of sp³-hybridized carbons (Fsp3) is 0.667. The van der Waals surface area contributed by atoms with Crippen molar-refractivity contribution in [3.8, 4) is 0 Å². The van der Waals surface area contributed by atoms with E-state index in [0.29, 0.717) is 5.92 Å². The molecule has 0 saturated heterocycles. The molecule has 1 fully saturated rings. The summed E-state index contributed by atoms with van der Waals surface area (Å²) in [6, 6.07) is 3.93. The molecule has 1 aliphatic rings. The molecule has 1 saturated carbocycles. The van der Waals surface area contributed by atoms with E-state index in [1.165, 1.54) is 12.8 Å². The second-order valence-corrected chi connectivity index (χ2v) is 5.72. The number of hydrogen-bond donors (Lipinski definition) is 1. The Labute approximate surface area is 110 Å². The molecule has 1 N–H and O–H groups in total. The van der Waals surface area contributed by atoms with Gasteiger partial charge in [0.05, 0.1) is 5.60 Å². The summed E-state index contributed by atoms with van der Waals surface area (Å²) in [6.45, 7) is 0.943. The van der Waals surface area contributed by atoms with Crippen molar-refractivity contribution in [3.63, 3.8) is 0 Å². The first-order valence-corrected chi connectivity index (χ1v) is 6.90. The summed E-state index contributed by atoms with van der Waals surface area (Å²) in [7, 11) is 4.16. The fourth-order valence-corrected chi connectivity index (χ4v) is 3.11. The Morgan fingerprint density at radius 1 is 1.28 bits per heavy atom. The van der Waals surface area contributed by atoms with E-state index in [9.17, 15) is 5.11 Å². The number of hydrogen-bond acceptors (Lipinski definition) is 3. The van der Waals surface area contributed by atoms with Gasteiger partial charge in [-0.05, 0) is 44.6 Å². The highest BCUT2D eigenvalue weighted by molar-refractivity contribution is 5.21. The molecule has 1 aromatic heterocycles. The quantitative estimate of drug-likeness (QED) is 0.835. The number of rotatable bonds is 3. The summed E-state index contributed by atoms with van der Waals surface area (Å²) in [6.07, 6.45) is 9.12. The van der Waals surface area contributed by atoms with Crippen molar-refractivity contribution in [1.82, 2.24) is 9.88 Å². The molecule has 0 bridgehead atoms. The van der Waals surface area contributed by atoms with Crippen molar-refractivity contribution in [2.45, 2.75) is 37.7 Å². The monoisotopic (exact) mass is 248 g/mol. The van der Waals surface area contributed by atoms with Crippen LogP contribution in [0.5, 0.6) is 0 Å². The molecule has 18 heavy (non-hydrogen) atoms. The van der Waals surface area contributed by atoms with Gasteiger partial charge in [-0.2, -0.15) is 0 Å². The van der Waals surface area contributed by atoms with Crippen LogP contribution in [-0.2, 0) is 5.60 Å². The first kappa shape index (κ1) is 13.5. The second-order valence-electron chi connectivity index (χ2n) is 5.72. The van der Waals surface area contributed by atoms with Crippen LogP contribution >= 0.6 is 0 Å². The SMILES string of the molecule is CN(C)CC1CCCCCC1(O)c1ccncc1. The Bertz CT molecular complexity index is 366. The van der Waals surface area contributed by atoms with Crippen molar-refractivity contribution in [1.29, 1.82) is 0 Å². The molecule has 0 aliphatic heterocycles. The van der Waals surface area contributed by atoms with Gasteiger partial charge in [0.2, 0.25) is 0 Å². The highest BCUT2D eigenvalue weighted by atomic mass is 16.3. The van der Waals surface area contributed by atoms with Crippen LogP contribution in [0.4, 0.5) is 0 Å². The first-order chi connectivity index (χ1) is 8.63. The van der Waals surface area contributed by atoms with Crippen LogP contribution in [0, 0.1) is 5.92 Å². The Morgan fingerprint density at radius 3 is 2.67 bits per heavy atom. The van der Waals surface area contributed by atoms with Crippen LogP contribution in [0.15, 0.2) is 24.5 Å². The van der Waals surface area contributed by atoms with Gasteiger partial charge in [0.1, 0.15) is 0 Å². The van der Waals surface area contributed by atoms with E-state index in [2.05, 4.69) is 24.0 Å². The predicted molar refractivity (Wildman–Crippen MR) is 73.3 cm³/mol. The second kappa shape index (κ2) is 5.81. The van der Waals surface area contributed by atoms with E-state index in [0.717, 1.165) is 31.4 Å². The minimum absolute atomic E-state index is 0.317. The van der Waals surface area contributed by atoms with Crippen LogP contribution in [0.1, 0.15) is 37.7 Å². The van der Waals surface area contributed by atoms with Crippen molar-refractivity contribution in [2.24, 2.45) is 5.92 Å². The molecule has 0 amide bonds. The third-order valence-corrected chi connectivity index (χ3v) is 4.05. The third-order valence-electron chi connectivity index (χ3n) is 4.05. The van der Waals surface area contributed by atoms with Gasteiger partial charge in [0.15, 0.2) is 0 Å². The Kier molecular flexibility index (Phi) is 4.36. The molecule has 100 valence electrons. The van der Waals surface area contributed by atoms with E-state index >= 15 is 0 Å². The molecule has 0 spiro atoms. The zero-order valence-electron chi connectivity index (χ0n) is 11.5. The Balaban J connectivity index is 2.28. The lowest BCUT2D eigenvalue weighted by atomic mass is 9.78. The number of aliphatic hydroxyl groups is 1. The van der Waals surface area contributed by atoms with Crippen molar-refractivity contribution >= 4 is 0 Å². The smallest absolute Gasteiger partial charge is 0.0937 e. The first-order valence-electron chi connectivity index (χ1n) is 6.90. The molecule has 2 atom stereocenters. The van der Waals surface area contributed by atoms with Crippen LogP contribution < -0.4 is 0 Å². The standard InChI is InChI=1S/C15H24N2O/c1-17(2)12-14-6-4-3-5-9-15(14,18)13-7-10-16-11-8-13/h7-8,10-11,14,18H,3-6,9,12H2,1-2H3. The topological polar surface area (TPSA) is 36.4 Å². The normalized spacial score (nSPS) is 29.2. The Morgan fingerprint density at radius 2 is 2.00 bits per heavy atom. The van der Waals surface area contributed by atoms with E-state index in [1.54, 1.807) is 12.4 Å². The van der Waals surface area contributed by atoms with E-state index in [1.807, 2.05) is 12.1 Å². The summed E-state index contributed by atoms with van der Waals surface area (Å²) < 4.78 is 0. The summed E-state index contributed by atoms with van der Waals surface area (Å²) in [4.78, 5) is 6.24. The molecule has 2 rings (SSSR count). The lowest BCUT2D eigenvalue weighted by Crippen LogP contribution is -2.40. The zero-order valence-corrected chi connectivity index (χ0v) is 11.5. The molecule has 2 unspecified atom stereocenters. The summed E-state index contributed by atoms with van der Waals surface area (Å²) in [5, 5.41) is 11.2. The van der Waals surface area contributed by atoms with Gasteiger partial charge in [0, 0.05) is 24.9 Å². The Hall–Kier alpha value is -0.930. The van der Waals surface area contributed by atoms with E-state index < -0.39 is 5.60 Å². The van der Waals surface area contributed by atoms with Crippen molar-refractivity contribution in [3.05, 3.63) is 30.1 Å². The molecule has 3 nitrogen and oxygen atoms in total. The minimum atomic E-state index is -0.677. The largest absolute Gasteiger partial charge is 0.385 e. The summed E-state index contributed by atoms with van der Waals surface area (Å²) in [5.41, 5.74) is 0.357. The molecule has 0 aromatic carbocycles. The molecule has 3 heteroatoms. The average molecular weight is 248 g/mol. The minimum Gasteiger partial charge on any atom is -0.385 e. The van der Waals surface area contributed by atoms with Crippen LogP contribution in [0.25, 0.3) is 0 Å². The molecule has 1 aliphatic carbocycles. The fourth-order valence-electron chi connectivity index (χ4n) is 3.11. The number of pyridine rings is 1. The van der Waals surface area contributed by atoms with E-state index in [-0.39, 0.29) is 0 Å². The van der Waals surface area contributed by atoms with Gasteiger partial charge in [-0.1, -0.05) is 19.3 Å². The third kappa shape index (κ3) is 2.90. The molecule has 1 heterocycles. The van der Waals surface area contributed by atoms with Gasteiger partial charge in [-0.15, -0.1) is 0 Å². The lowest BCUT2D eigenvalue weighted by molar-refractivity contribution is -0.0388. The zero-order chi connectivity index (χ0) is 13.0. The predicted octanol–water partition coefficient (Wildman–Crippen LogP) is 2.41. The highest BCUT2D eigenvalue weighted by Crippen LogP contribution is 2.40. The van der Waals surface area contributed by atoms with Crippen LogP contribution in [-0.4, -0.2) is 35.6 Å². The van der Waals surface area contributed by atoms with Gasteiger partial charge in [-0.3, -0.25) is 4.98 Å². The van der Waals surface area contributed by atoms with Crippen molar-refractivity contribution < 1.29 is 5.11 Å². The van der Waals surface area contributed by atoms with Gasteiger partial charge < -0.3 is 10.0 Å². The maximum atomic E-state index is 11.2. The summed E-state index contributed by atoms with van der Waals surface area (Å²) >= 11 is 0. The van der Waals surface area contributed by atoms with Crippen LogP contribution in [0.2, 0.25) is 0 Å². The van der Waals surface area contributed by atoms with Crippen molar-refractivity contribution in [2.75, 3.05) is 20.6 Å².